The maximum atomic E-state index is 13.3. The predicted octanol–water partition coefficient (Wildman–Crippen LogP) is 9.37. The third kappa shape index (κ3) is 7.31. The molecule has 5 nitrogen and oxygen atoms in total. The second-order valence-corrected chi connectivity index (χ2v) is 12.4. The highest BCUT2D eigenvalue weighted by Gasteiger charge is 2.35. The molecule has 8 heteroatoms. The van der Waals surface area contributed by atoms with E-state index >= 15 is 0 Å². The van der Waals surface area contributed by atoms with Crippen LogP contribution >= 0.6 is 30.8 Å². The Balaban J connectivity index is 0.00000380. The zero-order chi connectivity index (χ0) is 26.0. The fraction of sp³-hybridized carbons (Fsp3) is 0.379. The van der Waals surface area contributed by atoms with Crippen LogP contribution in [0.25, 0.3) is 0 Å². The Kier molecular flexibility index (Phi) is 9.77. The number of benzene rings is 3. The van der Waals surface area contributed by atoms with Crippen LogP contribution in [0.1, 0.15) is 73.1 Å². The second kappa shape index (κ2) is 12.2. The normalized spacial score (nSPS) is 19.5. The first-order valence-corrected chi connectivity index (χ1v) is 14.4. The Morgan fingerprint density at radius 1 is 1.05 bits per heavy atom. The minimum atomic E-state index is -3.48. The summed E-state index contributed by atoms with van der Waals surface area (Å²) in [4.78, 5) is 0. The molecule has 1 aliphatic heterocycles. The Morgan fingerprint density at radius 3 is 2.32 bits per heavy atom. The van der Waals surface area contributed by atoms with Gasteiger partial charge in [-0.1, -0.05) is 56.6 Å². The Bertz CT molecular complexity index is 1260. The number of halogens is 2. The molecular formula is C29H35Cl2O5P. The van der Waals surface area contributed by atoms with Crippen LogP contribution in [0.5, 0.6) is 11.5 Å². The predicted molar refractivity (Wildman–Crippen MR) is 152 cm³/mol. The summed E-state index contributed by atoms with van der Waals surface area (Å²) in [6.45, 7) is 8.50. The zero-order valence-corrected chi connectivity index (χ0v) is 23.3. The molecule has 1 N–H and O–H groups in total. The van der Waals surface area contributed by atoms with Gasteiger partial charge >= 0.3 is 7.60 Å². The molecule has 1 fully saturated rings. The third-order valence-corrected chi connectivity index (χ3v) is 8.40. The average molecular weight is 565 g/mol. The van der Waals surface area contributed by atoms with E-state index in [1.807, 2.05) is 32.0 Å². The van der Waals surface area contributed by atoms with Crippen LogP contribution < -0.4 is 4.74 Å². The van der Waals surface area contributed by atoms with Crippen LogP contribution in [-0.4, -0.2) is 18.1 Å². The minimum absolute atomic E-state index is 0. The molecule has 1 heterocycles. The lowest BCUT2D eigenvalue weighted by molar-refractivity contribution is 0.0725. The molecule has 200 valence electrons. The summed E-state index contributed by atoms with van der Waals surface area (Å²) in [7, 11) is -3.48. The van der Waals surface area contributed by atoms with Crippen molar-refractivity contribution in [3.8, 4) is 11.5 Å². The van der Waals surface area contributed by atoms with E-state index < -0.39 is 13.7 Å². The SMILES string of the molecule is C.Cc1cc(OC[P@@]2(=O)OCC[C@@H](c3cc(Cl)cc(Cl)c3)O2)cc(C)c1Cc1ccc(O)c(C(C)C)c1. The molecule has 1 saturated heterocycles. The molecule has 0 spiro atoms. The molecule has 2 atom stereocenters. The monoisotopic (exact) mass is 564 g/mol. The van der Waals surface area contributed by atoms with Crippen LogP contribution in [0.15, 0.2) is 48.5 Å². The van der Waals surface area contributed by atoms with E-state index in [1.54, 1.807) is 24.3 Å². The molecule has 0 aromatic heterocycles. The largest absolute Gasteiger partial charge is 0.508 e. The smallest absolute Gasteiger partial charge is 0.368 e. The van der Waals surface area contributed by atoms with Gasteiger partial charge in [0.05, 0.1) is 12.7 Å². The van der Waals surface area contributed by atoms with Crippen molar-refractivity contribution >= 4 is 30.8 Å². The number of rotatable bonds is 7. The molecule has 0 radical (unpaired) electrons. The molecule has 4 rings (SSSR count). The first-order valence-electron chi connectivity index (χ1n) is 12.0. The topological polar surface area (TPSA) is 65.0 Å². The molecule has 0 aliphatic carbocycles. The van der Waals surface area contributed by atoms with E-state index in [0.717, 1.165) is 34.2 Å². The summed E-state index contributed by atoms with van der Waals surface area (Å²) in [5, 5.41) is 11.1. The number of phenolic OH excluding ortho intramolecular Hbond substituents is 1. The quantitative estimate of drug-likeness (QED) is 0.289. The Hall–Kier alpha value is -2.01. The van der Waals surface area contributed by atoms with E-state index in [0.29, 0.717) is 28.0 Å². The lowest BCUT2D eigenvalue weighted by atomic mass is 9.93. The molecular weight excluding hydrogens is 530 g/mol. The maximum Gasteiger partial charge on any atom is 0.368 e. The number of aryl methyl sites for hydroxylation is 2. The van der Waals surface area contributed by atoms with E-state index in [9.17, 15) is 9.67 Å². The van der Waals surface area contributed by atoms with Gasteiger partial charge in [0.25, 0.3) is 0 Å². The van der Waals surface area contributed by atoms with Gasteiger partial charge in [0.2, 0.25) is 0 Å². The van der Waals surface area contributed by atoms with Crippen molar-refractivity contribution in [3.05, 3.63) is 92.0 Å². The maximum absolute atomic E-state index is 13.3. The minimum Gasteiger partial charge on any atom is -0.508 e. The van der Waals surface area contributed by atoms with Crippen LogP contribution in [-0.2, 0) is 20.0 Å². The van der Waals surface area contributed by atoms with Gasteiger partial charge in [-0.05, 0) is 96.0 Å². The average Bonchev–Trinajstić information content (AvgIpc) is 2.80. The fourth-order valence-corrected chi connectivity index (χ4v) is 6.53. The summed E-state index contributed by atoms with van der Waals surface area (Å²) in [6, 6.07) is 14.8. The van der Waals surface area contributed by atoms with Crippen LogP contribution in [0.4, 0.5) is 0 Å². The number of ether oxygens (including phenoxy) is 1. The second-order valence-electron chi connectivity index (χ2n) is 9.56. The highest BCUT2D eigenvalue weighted by Crippen LogP contribution is 2.56. The van der Waals surface area contributed by atoms with Gasteiger partial charge in [-0.3, -0.25) is 9.09 Å². The zero-order valence-electron chi connectivity index (χ0n) is 20.9. The van der Waals surface area contributed by atoms with Gasteiger partial charge in [0.15, 0.2) is 6.35 Å². The number of phenols is 1. The lowest BCUT2D eigenvalue weighted by Gasteiger charge is -2.30. The van der Waals surface area contributed by atoms with Crippen molar-refractivity contribution in [1.29, 1.82) is 0 Å². The lowest BCUT2D eigenvalue weighted by Crippen LogP contribution is -2.17. The number of aromatic hydroxyl groups is 1. The van der Waals surface area contributed by atoms with Crippen molar-refractivity contribution in [1.82, 2.24) is 0 Å². The van der Waals surface area contributed by atoms with Crippen molar-refractivity contribution in [2.45, 2.75) is 60.0 Å². The summed E-state index contributed by atoms with van der Waals surface area (Å²) >= 11 is 12.3. The van der Waals surface area contributed by atoms with Gasteiger partial charge in [0, 0.05) is 16.5 Å². The number of hydrogen-bond acceptors (Lipinski definition) is 5. The summed E-state index contributed by atoms with van der Waals surface area (Å²) < 4.78 is 30.6. The van der Waals surface area contributed by atoms with E-state index in [4.69, 9.17) is 37.0 Å². The van der Waals surface area contributed by atoms with Crippen LogP contribution in [0.3, 0.4) is 0 Å². The highest BCUT2D eigenvalue weighted by molar-refractivity contribution is 7.53. The van der Waals surface area contributed by atoms with Crippen molar-refractivity contribution in [2.75, 3.05) is 13.0 Å². The van der Waals surface area contributed by atoms with Crippen molar-refractivity contribution in [2.24, 2.45) is 0 Å². The highest BCUT2D eigenvalue weighted by atomic mass is 35.5. The number of hydrogen-bond donors (Lipinski definition) is 1. The van der Waals surface area contributed by atoms with E-state index in [1.165, 1.54) is 5.56 Å². The van der Waals surface area contributed by atoms with E-state index in [-0.39, 0.29) is 26.3 Å². The van der Waals surface area contributed by atoms with Crippen LogP contribution in [0.2, 0.25) is 10.0 Å². The molecule has 37 heavy (non-hydrogen) atoms. The molecule has 0 saturated carbocycles. The molecule has 3 aromatic carbocycles. The van der Waals surface area contributed by atoms with Gasteiger partial charge in [-0.25, -0.2) is 0 Å². The fourth-order valence-electron chi connectivity index (χ4n) is 4.48. The van der Waals surface area contributed by atoms with Gasteiger partial charge in [-0.2, -0.15) is 0 Å². The Labute approximate surface area is 230 Å². The van der Waals surface area contributed by atoms with Crippen molar-refractivity contribution < 1.29 is 23.5 Å². The van der Waals surface area contributed by atoms with Crippen LogP contribution in [0, 0.1) is 13.8 Å². The summed E-state index contributed by atoms with van der Waals surface area (Å²) in [6.07, 6.45) is 0.665. The first kappa shape index (κ1) is 29.5. The van der Waals surface area contributed by atoms with E-state index in [2.05, 4.69) is 19.9 Å². The van der Waals surface area contributed by atoms with Gasteiger partial charge in [-0.15, -0.1) is 0 Å². The summed E-state index contributed by atoms with van der Waals surface area (Å²) in [5.74, 6) is 1.18. The standard InChI is InChI=1S/C28H31Cl2O5P.CH4/c1-17(2)25-11-20(5-6-27(25)31)12-26-18(3)9-24(10-19(26)4)33-16-36(32)34-8-7-28(35-36)21-13-22(29)15-23(30)14-21;/h5-6,9-11,13-15,17,28,31H,7-8,12,16H2,1-4H3;1H4/t28-,36+;/m0./s1. The van der Waals surface area contributed by atoms with Gasteiger partial charge in [0.1, 0.15) is 11.5 Å². The molecule has 3 aromatic rings. The Morgan fingerprint density at radius 2 is 1.70 bits per heavy atom. The third-order valence-electron chi connectivity index (χ3n) is 6.37. The summed E-state index contributed by atoms with van der Waals surface area (Å²) in [5.41, 5.74) is 6.17. The molecule has 1 aliphatic rings. The van der Waals surface area contributed by atoms with Gasteiger partial charge < -0.3 is 14.4 Å². The molecule has 0 bridgehead atoms. The molecule has 0 amide bonds. The van der Waals surface area contributed by atoms with Crippen molar-refractivity contribution in [3.63, 3.8) is 0 Å². The first-order chi connectivity index (χ1) is 17.0. The molecule has 0 unspecified atom stereocenters.